The van der Waals surface area contributed by atoms with Crippen LogP contribution in [0.3, 0.4) is 0 Å². The van der Waals surface area contributed by atoms with Crippen molar-refractivity contribution in [2.45, 2.75) is 0 Å². The molecule has 1 atom stereocenters. The first-order chi connectivity index (χ1) is 2.64. The molecule has 38 valence electrons. The van der Waals surface area contributed by atoms with Gasteiger partial charge in [-0.15, -0.1) is 0 Å². The molecule has 6 heteroatoms. The van der Waals surface area contributed by atoms with Crippen LogP contribution < -0.4 is 0 Å². The summed E-state index contributed by atoms with van der Waals surface area (Å²) in [5.41, 5.74) is 0. The van der Waals surface area contributed by atoms with Crippen LogP contribution in [0.25, 0.3) is 0 Å². The van der Waals surface area contributed by atoms with Gasteiger partial charge in [-0.3, -0.25) is 15.0 Å². The lowest BCUT2D eigenvalue weighted by molar-refractivity contribution is -0.226. The number of hydrogen-bond donors (Lipinski definition) is 3. The first-order valence-corrected chi connectivity index (χ1v) is 2.00. The lowest BCUT2D eigenvalue weighted by Gasteiger charge is -1.93. The van der Waals surface area contributed by atoms with Crippen LogP contribution in [0.2, 0.25) is 0 Å². The van der Waals surface area contributed by atoms with Gasteiger partial charge < -0.3 is 0 Å². The Kier molecular flexibility index (Phi) is 2.21. The summed E-state index contributed by atoms with van der Waals surface area (Å²) in [4.78, 5) is 0. The predicted octanol–water partition coefficient (Wildman–Crippen LogP) is -0.796. The van der Waals surface area contributed by atoms with Crippen molar-refractivity contribution in [2.75, 3.05) is 0 Å². The van der Waals surface area contributed by atoms with E-state index in [1.165, 1.54) is 0 Å². The summed E-state index contributed by atoms with van der Waals surface area (Å²) in [5.74, 6) is 0. The standard InChI is InChI=1S/H3NO4S/c2-1(3)6(4)5/h2-3H,(H,4,5). The second-order valence-electron chi connectivity index (χ2n) is 0.483. The monoisotopic (exact) mass is 113 g/mol. The lowest BCUT2D eigenvalue weighted by Crippen LogP contribution is -2.15. The van der Waals surface area contributed by atoms with Crippen LogP contribution in [0.5, 0.6) is 0 Å². The molecule has 0 aromatic carbocycles. The summed E-state index contributed by atoms with van der Waals surface area (Å²) in [6.45, 7) is 0. The van der Waals surface area contributed by atoms with Gasteiger partial charge in [0.25, 0.3) is 11.3 Å². The minimum absolute atomic E-state index is 0.806. The van der Waals surface area contributed by atoms with Crippen LogP contribution in [-0.4, -0.2) is 23.8 Å². The summed E-state index contributed by atoms with van der Waals surface area (Å²) in [6, 6.07) is 0. The first kappa shape index (κ1) is 5.99. The molecule has 5 nitrogen and oxygen atoms in total. The maximum absolute atomic E-state index is 9.24. The molecule has 6 heavy (non-hydrogen) atoms. The highest BCUT2D eigenvalue weighted by Gasteiger charge is 1.96. The van der Waals surface area contributed by atoms with E-state index < -0.39 is 15.9 Å². The molecule has 0 aromatic rings. The van der Waals surface area contributed by atoms with Crippen LogP contribution in [0.4, 0.5) is 0 Å². The molecule has 0 saturated heterocycles. The zero-order valence-electron chi connectivity index (χ0n) is 2.61. The van der Waals surface area contributed by atoms with E-state index in [1.807, 2.05) is 0 Å². The Labute approximate surface area is 36.1 Å². The van der Waals surface area contributed by atoms with E-state index in [0.29, 0.717) is 0 Å². The summed E-state index contributed by atoms with van der Waals surface area (Å²) >= 11 is -2.67. The van der Waals surface area contributed by atoms with Gasteiger partial charge in [-0.05, 0) is 0 Å². The van der Waals surface area contributed by atoms with E-state index in [9.17, 15) is 4.21 Å². The zero-order chi connectivity index (χ0) is 5.15. The number of hydrogen-bond acceptors (Lipinski definition) is 3. The molecule has 0 aromatic heterocycles. The molecule has 0 radical (unpaired) electrons. The van der Waals surface area contributed by atoms with E-state index >= 15 is 0 Å². The number of rotatable bonds is 1. The van der Waals surface area contributed by atoms with Gasteiger partial charge in [0.1, 0.15) is 0 Å². The summed E-state index contributed by atoms with van der Waals surface area (Å²) < 4.78 is 16.0. The van der Waals surface area contributed by atoms with Crippen molar-refractivity contribution in [2.24, 2.45) is 0 Å². The Hall–Kier alpha value is -0.0100. The van der Waals surface area contributed by atoms with Crippen LogP contribution in [0, 0.1) is 0 Å². The fraction of sp³-hybridized carbons (Fsp3) is 0. The summed E-state index contributed by atoms with van der Waals surface area (Å²) in [5, 5.41) is 14.9. The summed E-state index contributed by atoms with van der Waals surface area (Å²) in [7, 11) is 0. The molecule has 0 heterocycles. The highest BCUT2D eigenvalue weighted by atomic mass is 32.2. The zero-order valence-corrected chi connectivity index (χ0v) is 3.42. The van der Waals surface area contributed by atoms with Gasteiger partial charge >= 0.3 is 0 Å². The molecule has 0 aliphatic heterocycles. The van der Waals surface area contributed by atoms with Gasteiger partial charge in [0.15, 0.2) is 0 Å². The van der Waals surface area contributed by atoms with E-state index in [0.717, 1.165) is 0 Å². The van der Waals surface area contributed by atoms with Gasteiger partial charge in [-0.25, -0.2) is 4.21 Å². The second-order valence-corrected chi connectivity index (χ2v) is 1.27. The average Bonchev–Trinajstić information content (AvgIpc) is 1.36. The van der Waals surface area contributed by atoms with Crippen molar-refractivity contribution in [1.29, 1.82) is 0 Å². The third-order valence-corrected chi connectivity index (χ3v) is 0.419. The van der Waals surface area contributed by atoms with Crippen molar-refractivity contribution in [3.8, 4) is 0 Å². The van der Waals surface area contributed by atoms with Gasteiger partial charge in [0.05, 0.1) is 0 Å². The quantitative estimate of drug-likeness (QED) is 0.307. The van der Waals surface area contributed by atoms with E-state index in [4.69, 9.17) is 15.0 Å². The molecule has 3 N–H and O–H groups in total. The molecule has 0 aliphatic carbocycles. The van der Waals surface area contributed by atoms with Crippen LogP contribution in [0.1, 0.15) is 0 Å². The van der Waals surface area contributed by atoms with Crippen molar-refractivity contribution in [1.82, 2.24) is 4.63 Å². The molecular formula is H3NO4S. The Bertz CT molecular complexity index is 58.6. The fourth-order valence-corrected chi connectivity index (χ4v) is 0. The molecule has 0 saturated carbocycles. The minimum atomic E-state index is -2.67. The molecule has 0 rings (SSSR count). The minimum Gasteiger partial charge on any atom is -0.290 e. The average molecular weight is 113 g/mol. The first-order valence-electron chi connectivity index (χ1n) is 0.932. The molecule has 0 bridgehead atoms. The highest BCUT2D eigenvalue weighted by molar-refractivity contribution is 7.76. The summed E-state index contributed by atoms with van der Waals surface area (Å²) in [6.07, 6.45) is 0. The van der Waals surface area contributed by atoms with Gasteiger partial charge in [-0.1, -0.05) is 0 Å². The largest absolute Gasteiger partial charge is 0.290 e. The SMILES string of the molecule is O=S(O)N(O)O. The van der Waals surface area contributed by atoms with Gasteiger partial charge in [-0.2, -0.15) is 0 Å². The fourth-order valence-electron chi connectivity index (χ4n) is 0. The maximum atomic E-state index is 9.24. The van der Waals surface area contributed by atoms with E-state index in [-0.39, 0.29) is 0 Å². The predicted molar refractivity (Wildman–Crippen MR) is 16.2 cm³/mol. The topological polar surface area (TPSA) is 81.0 Å². The van der Waals surface area contributed by atoms with E-state index in [2.05, 4.69) is 0 Å². The Morgan fingerprint density at radius 2 is 1.67 bits per heavy atom. The van der Waals surface area contributed by atoms with Crippen LogP contribution in [0.15, 0.2) is 0 Å². The lowest BCUT2D eigenvalue weighted by atomic mass is 13.2. The number of nitrogens with zero attached hydrogens (tertiary/aromatic N) is 1. The highest BCUT2D eigenvalue weighted by Crippen LogP contribution is 1.71. The van der Waals surface area contributed by atoms with Gasteiger partial charge in [0.2, 0.25) is 0 Å². The molecule has 1 unspecified atom stereocenters. The van der Waals surface area contributed by atoms with Crippen LogP contribution in [-0.2, 0) is 11.3 Å². The Balaban J connectivity index is 3.26. The third kappa shape index (κ3) is 2.24. The van der Waals surface area contributed by atoms with Crippen molar-refractivity contribution < 1.29 is 19.2 Å². The maximum Gasteiger partial charge on any atom is 0.285 e. The van der Waals surface area contributed by atoms with Gasteiger partial charge in [0, 0.05) is 4.63 Å². The molecule has 0 amide bonds. The second kappa shape index (κ2) is 2.21. The molecule has 0 fully saturated rings. The molecule has 0 spiro atoms. The Morgan fingerprint density at radius 1 is 1.50 bits per heavy atom. The van der Waals surface area contributed by atoms with E-state index in [1.54, 1.807) is 0 Å². The van der Waals surface area contributed by atoms with Crippen molar-refractivity contribution in [3.63, 3.8) is 0 Å². The molecule has 0 aliphatic rings. The van der Waals surface area contributed by atoms with Crippen molar-refractivity contribution in [3.05, 3.63) is 0 Å². The Morgan fingerprint density at radius 3 is 1.67 bits per heavy atom. The molecular weight excluding hydrogens is 110 g/mol. The normalized spacial score (nSPS) is 15.3. The van der Waals surface area contributed by atoms with Crippen molar-refractivity contribution >= 4 is 11.3 Å². The smallest absolute Gasteiger partial charge is 0.285 e. The third-order valence-electron chi connectivity index (χ3n) is 0.140. The van der Waals surface area contributed by atoms with Crippen LogP contribution >= 0.6 is 0 Å².